The Kier molecular flexibility index (Phi) is 10.2. The van der Waals surface area contributed by atoms with E-state index in [-0.39, 0.29) is 12.6 Å². The van der Waals surface area contributed by atoms with Gasteiger partial charge < -0.3 is 14.9 Å². The number of hydrogen-bond acceptors (Lipinski definition) is 4. The van der Waals surface area contributed by atoms with Gasteiger partial charge in [0.1, 0.15) is 24.1 Å². The monoisotopic (exact) mass is 637 g/mol. The van der Waals surface area contributed by atoms with E-state index in [1.807, 2.05) is 97.1 Å². The van der Waals surface area contributed by atoms with Crippen molar-refractivity contribution in [1.29, 1.82) is 0 Å². The van der Waals surface area contributed by atoms with Crippen LogP contribution in [0.15, 0.2) is 118 Å². The molecule has 0 spiro atoms. The number of ether oxygens (including phenoxy) is 1. The maximum Gasteiger partial charge on any atom is 0.119 e. The maximum absolute atomic E-state index is 12.3. The van der Waals surface area contributed by atoms with Crippen molar-refractivity contribution in [1.82, 2.24) is 4.90 Å². The SMILES string of the molecule is CC(CC(O)(c1ccc(Br)cc1)c1ccc(Br)cc1)N(Cc1ccccc1)C[C@H](O)COc1ccccc1. The van der Waals surface area contributed by atoms with Crippen LogP contribution >= 0.6 is 31.9 Å². The molecule has 0 radical (unpaired) electrons. The average molecular weight is 639 g/mol. The van der Waals surface area contributed by atoms with Crippen LogP contribution in [0.2, 0.25) is 0 Å². The second-order valence-corrected chi connectivity index (χ2v) is 11.5. The van der Waals surface area contributed by atoms with Gasteiger partial charge >= 0.3 is 0 Å². The second kappa shape index (κ2) is 13.5. The van der Waals surface area contributed by atoms with Crippen LogP contribution in [0.25, 0.3) is 0 Å². The Morgan fingerprint density at radius 3 is 1.79 bits per heavy atom. The molecule has 4 rings (SSSR count). The molecule has 2 N–H and O–H groups in total. The average Bonchev–Trinajstić information content (AvgIpc) is 2.93. The lowest BCUT2D eigenvalue weighted by Gasteiger charge is -2.38. The van der Waals surface area contributed by atoms with Crippen molar-refractivity contribution >= 4 is 31.9 Å². The third-order valence-electron chi connectivity index (χ3n) is 6.72. The molecule has 4 aromatic carbocycles. The zero-order chi connectivity index (χ0) is 27.0. The minimum atomic E-state index is -1.22. The minimum absolute atomic E-state index is 0.0705. The van der Waals surface area contributed by atoms with E-state index in [9.17, 15) is 10.2 Å². The van der Waals surface area contributed by atoms with E-state index in [2.05, 4.69) is 55.8 Å². The third-order valence-corrected chi connectivity index (χ3v) is 7.77. The third kappa shape index (κ3) is 7.78. The number of hydrogen-bond donors (Lipinski definition) is 2. The largest absolute Gasteiger partial charge is 0.491 e. The lowest BCUT2D eigenvalue weighted by atomic mass is 9.81. The first-order valence-electron chi connectivity index (χ1n) is 12.7. The number of aliphatic hydroxyl groups is 2. The normalized spacial score (nSPS) is 13.3. The van der Waals surface area contributed by atoms with Gasteiger partial charge in [0.05, 0.1) is 0 Å². The van der Waals surface area contributed by atoms with Gasteiger partial charge in [-0.25, -0.2) is 0 Å². The number of nitrogens with zero attached hydrogens (tertiary/aromatic N) is 1. The van der Waals surface area contributed by atoms with Gasteiger partial charge in [0, 0.05) is 28.1 Å². The second-order valence-electron chi connectivity index (χ2n) is 9.62. The van der Waals surface area contributed by atoms with Crippen LogP contribution in [0, 0.1) is 0 Å². The first-order chi connectivity index (χ1) is 18.3. The van der Waals surface area contributed by atoms with Crippen LogP contribution < -0.4 is 4.74 Å². The Hall–Kier alpha value is -2.48. The van der Waals surface area contributed by atoms with Gasteiger partial charge in [-0.05, 0) is 66.4 Å². The van der Waals surface area contributed by atoms with Crippen molar-refractivity contribution in [2.75, 3.05) is 13.2 Å². The summed E-state index contributed by atoms with van der Waals surface area (Å²) in [5, 5.41) is 23.2. The molecule has 0 fully saturated rings. The number of rotatable bonds is 12. The zero-order valence-electron chi connectivity index (χ0n) is 21.4. The van der Waals surface area contributed by atoms with E-state index in [1.54, 1.807) is 0 Å². The highest BCUT2D eigenvalue weighted by molar-refractivity contribution is 9.10. The fraction of sp³-hybridized carbons (Fsp3) is 0.250. The van der Waals surface area contributed by atoms with E-state index < -0.39 is 11.7 Å². The van der Waals surface area contributed by atoms with Crippen molar-refractivity contribution in [3.63, 3.8) is 0 Å². The molecule has 38 heavy (non-hydrogen) atoms. The van der Waals surface area contributed by atoms with Crippen LogP contribution in [0.5, 0.6) is 5.75 Å². The molecule has 2 atom stereocenters. The van der Waals surface area contributed by atoms with Gasteiger partial charge in [-0.2, -0.15) is 0 Å². The molecule has 0 bridgehead atoms. The van der Waals surface area contributed by atoms with E-state index in [0.29, 0.717) is 19.5 Å². The summed E-state index contributed by atoms with van der Waals surface area (Å²) < 4.78 is 7.74. The summed E-state index contributed by atoms with van der Waals surface area (Å²) in [7, 11) is 0. The van der Waals surface area contributed by atoms with Crippen molar-refractivity contribution in [3.05, 3.63) is 135 Å². The van der Waals surface area contributed by atoms with Crippen LogP contribution in [0.4, 0.5) is 0 Å². The van der Waals surface area contributed by atoms with Crippen molar-refractivity contribution in [2.45, 2.75) is 37.6 Å². The number of halogens is 2. The smallest absolute Gasteiger partial charge is 0.119 e. The molecule has 0 aromatic heterocycles. The van der Waals surface area contributed by atoms with Gasteiger partial charge in [-0.3, -0.25) is 4.90 Å². The molecular weight excluding hydrogens is 606 g/mol. The van der Waals surface area contributed by atoms with Gasteiger partial charge in [0.25, 0.3) is 0 Å². The maximum atomic E-state index is 12.3. The molecule has 4 aromatic rings. The van der Waals surface area contributed by atoms with Crippen molar-refractivity contribution in [3.8, 4) is 5.75 Å². The molecular formula is C32H33Br2NO3. The molecule has 0 aliphatic carbocycles. The summed E-state index contributed by atoms with van der Waals surface area (Å²) in [6, 6.07) is 35.3. The molecule has 0 aliphatic rings. The molecule has 0 heterocycles. The predicted octanol–water partition coefficient (Wildman–Crippen LogP) is 7.17. The Balaban J connectivity index is 1.58. The molecule has 6 heteroatoms. The quantitative estimate of drug-likeness (QED) is 0.173. The summed E-state index contributed by atoms with van der Waals surface area (Å²) >= 11 is 7.02. The van der Waals surface area contributed by atoms with Gasteiger partial charge in [-0.15, -0.1) is 0 Å². The van der Waals surface area contributed by atoms with Crippen LogP contribution in [-0.4, -0.2) is 40.4 Å². The highest BCUT2D eigenvalue weighted by Crippen LogP contribution is 2.36. The Morgan fingerprint density at radius 2 is 1.26 bits per heavy atom. The molecule has 1 unspecified atom stereocenters. The summed E-state index contributed by atoms with van der Waals surface area (Å²) in [6.07, 6.45) is -0.259. The molecule has 0 amide bonds. The fourth-order valence-electron chi connectivity index (χ4n) is 4.66. The highest BCUT2D eigenvalue weighted by Gasteiger charge is 2.35. The Bertz CT molecular complexity index is 1210. The fourth-order valence-corrected chi connectivity index (χ4v) is 5.19. The zero-order valence-corrected chi connectivity index (χ0v) is 24.6. The topological polar surface area (TPSA) is 52.9 Å². The number of benzene rings is 4. The molecule has 198 valence electrons. The van der Waals surface area contributed by atoms with E-state index >= 15 is 0 Å². The number of para-hydroxylation sites is 1. The molecule has 0 saturated carbocycles. The Morgan fingerprint density at radius 1 is 0.763 bits per heavy atom. The summed E-state index contributed by atoms with van der Waals surface area (Å²) in [4.78, 5) is 2.22. The van der Waals surface area contributed by atoms with Crippen LogP contribution in [0.1, 0.15) is 30.0 Å². The van der Waals surface area contributed by atoms with E-state index in [0.717, 1.165) is 31.4 Å². The number of aliphatic hydroxyl groups excluding tert-OH is 1. The van der Waals surface area contributed by atoms with Gasteiger partial charge in [0.2, 0.25) is 0 Å². The molecule has 4 nitrogen and oxygen atoms in total. The van der Waals surface area contributed by atoms with Crippen LogP contribution in [-0.2, 0) is 12.1 Å². The highest BCUT2D eigenvalue weighted by atomic mass is 79.9. The lowest BCUT2D eigenvalue weighted by molar-refractivity contribution is 0.0107. The summed E-state index contributed by atoms with van der Waals surface area (Å²) in [5.41, 5.74) is 1.57. The van der Waals surface area contributed by atoms with Gasteiger partial charge in [-0.1, -0.05) is 105 Å². The minimum Gasteiger partial charge on any atom is -0.491 e. The first kappa shape index (κ1) is 28.5. The summed E-state index contributed by atoms with van der Waals surface area (Å²) in [6.45, 7) is 3.34. The summed E-state index contributed by atoms with van der Waals surface area (Å²) in [5.74, 6) is 0.731. The van der Waals surface area contributed by atoms with Crippen molar-refractivity contribution < 1.29 is 14.9 Å². The van der Waals surface area contributed by atoms with Gasteiger partial charge in [0.15, 0.2) is 0 Å². The lowest BCUT2D eigenvalue weighted by Crippen LogP contribution is -2.44. The first-order valence-corrected chi connectivity index (χ1v) is 14.3. The molecule has 0 aliphatic heterocycles. The standard InChI is InChI=1S/C32H33Br2NO3/c1-24(20-32(37,26-12-16-28(33)17-13-26)27-14-18-29(34)19-15-27)35(21-25-8-4-2-5-9-25)22-30(36)23-38-31-10-6-3-7-11-31/h2-19,24,30,36-37H,20-23H2,1H3/t24?,30-/m0/s1. The Labute approximate surface area is 242 Å². The predicted molar refractivity (Wildman–Crippen MR) is 160 cm³/mol. The van der Waals surface area contributed by atoms with E-state index in [1.165, 1.54) is 0 Å². The van der Waals surface area contributed by atoms with Crippen molar-refractivity contribution in [2.24, 2.45) is 0 Å². The van der Waals surface area contributed by atoms with Crippen LogP contribution in [0.3, 0.4) is 0 Å². The molecule has 0 saturated heterocycles. The van der Waals surface area contributed by atoms with E-state index in [4.69, 9.17) is 4.74 Å².